The standard InChI is InChI=1S/C17H20BrNO/c1-3-16(13-8-10-14(18)11-9-13)19-12(2)15-6-4-5-7-17(15)20/h4-12,16,19-20H,3H2,1-2H3. The molecule has 0 aliphatic carbocycles. The number of hydrogen-bond donors (Lipinski definition) is 2. The topological polar surface area (TPSA) is 32.3 Å². The van der Waals surface area contributed by atoms with Gasteiger partial charge in [-0.2, -0.15) is 0 Å². The molecule has 0 amide bonds. The SMILES string of the molecule is CCC(NC(C)c1ccccc1O)c1ccc(Br)cc1. The van der Waals surface area contributed by atoms with Crippen molar-refractivity contribution in [2.24, 2.45) is 0 Å². The summed E-state index contributed by atoms with van der Waals surface area (Å²) in [5, 5.41) is 13.5. The summed E-state index contributed by atoms with van der Waals surface area (Å²) in [6.45, 7) is 4.24. The van der Waals surface area contributed by atoms with E-state index in [-0.39, 0.29) is 12.1 Å². The van der Waals surface area contributed by atoms with Crippen molar-refractivity contribution in [2.75, 3.05) is 0 Å². The zero-order valence-corrected chi connectivity index (χ0v) is 13.4. The Bertz CT molecular complexity index is 553. The highest BCUT2D eigenvalue weighted by atomic mass is 79.9. The van der Waals surface area contributed by atoms with Crippen molar-refractivity contribution in [3.63, 3.8) is 0 Å². The van der Waals surface area contributed by atoms with Crippen LogP contribution in [-0.2, 0) is 0 Å². The molecule has 0 saturated heterocycles. The molecule has 0 radical (unpaired) electrons. The maximum atomic E-state index is 9.93. The first-order valence-corrected chi connectivity index (χ1v) is 7.70. The minimum absolute atomic E-state index is 0.102. The highest BCUT2D eigenvalue weighted by Crippen LogP contribution is 2.27. The van der Waals surface area contributed by atoms with E-state index < -0.39 is 0 Å². The molecule has 0 spiro atoms. The Hall–Kier alpha value is -1.32. The third-order valence-electron chi connectivity index (χ3n) is 3.54. The molecular formula is C17H20BrNO. The van der Waals surface area contributed by atoms with E-state index in [9.17, 15) is 5.11 Å². The highest BCUT2D eigenvalue weighted by Gasteiger charge is 2.15. The molecular weight excluding hydrogens is 314 g/mol. The summed E-state index contributed by atoms with van der Waals surface area (Å²) in [5.41, 5.74) is 2.20. The fourth-order valence-corrected chi connectivity index (χ4v) is 2.65. The Kier molecular flexibility index (Phi) is 5.21. The lowest BCUT2D eigenvalue weighted by molar-refractivity contribution is 0.424. The molecule has 0 fully saturated rings. The lowest BCUT2D eigenvalue weighted by Gasteiger charge is -2.23. The van der Waals surface area contributed by atoms with E-state index in [1.54, 1.807) is 6.07 Å². The number of rotatable bonds is 5. The van der Waals surface area contributed by atoms with E-state index >= 15 is 0 Å². The van der Waals surface area contributed by atoms with Gasteiger partial charge in [0.2, 0.25) is 0 Å². The molecule has 2 aromatic carbocycles. The second kappa shape index (κ2) is 6.91. The van der Waals surface area contributed by atoms with Crippen molar-refractivity contribution in [2.45, 2.75) is 32.4 Å². The molecule has 2 aromatic rings. The van der Waals surface area contributed by atoms with Gasteiger partial charge in [0.15, 0.2) is 0 Å². The maximum Gasteiger partial charge on any atom is 0.120 e. The minimum Gasteiger partial charge on any atom is -0.508 e. The van der Waals surface area contributed by atoms with Gasteiger partial charge in [-0.1, -0.05) is 53.2 Å². The number of para-hydroxylation sites is 1. The molecule has 0 bridgehead atoms. The van der Waals surface area contributed by atoms with E-state index in [0.29, 0.717) is 5.75 Å². The minimum atomic E-state index is 0.102. The molecule has 0 aliphatic heterocycles. The van der Waals surface area contributed by atoms with Gasteiger partial charge in [-0.3, -0.25) is 0 Å². The molecule has 2 atom stereocenters. The lowest BCUT2D eigenvalue weighted by Crippen LogP contribution is -2.24. The van der Waals surface area contributed by atoms with E-state index in [2.05, 4.69) is 59.4 Å². The number of phenolic OH excluding ortho intramolecular Hbond substituents is 1. The predicted molar refractivity (Wildman–Crippen MR) is 86.8 cm³/mol. The second-order valence-electron chi connectivity index (χ2n) is 4.96. The van der Waals surface area contributed by atoms with Crippen LogP contribution in [0.3, 0.4) is 0 Å². The van der Waals surface area contributed by atoms with Crippen LogP contribution in [0.2, 0.25) is 0 Å². The molecule has 106 valence electrons. The summed E-state index contributed by atoms with van der Waals surface area (Å²) < 4.78 is 1.09. The Labute approximate surface area is 129 Å². The maximum absolute atomic E-state index is 9.93. The third-order valence-corrected chi connectivity index (χ3v) is 4.06. The third kappa shape index (κ3) is 3.62. The highest BCUT2D eigenvalue weighted by molar-refractivity contribution is 9.10. The zero-order chi connectivity index (χ0) is 14.5. The number of halogens is 1. The van der Waals surface area contributed by atoms with E-state index in [1.165, 1.54) is 5.56 Å². The second-order valence-corrected chi connectivity index (χ2v) is 5.88. The van der Waals surface area contributed by atoms with Crippen LogP contribution >= 0.6 is 15.9 Å². The van der Waals surface area contributed by atoms with Crippen LogP contribution in [0, 0.1) is 0 Å². The summed E-state index contributed by atoms with van der Waals surface area (Å²) in [7, 11) is 0. The van der Waals surface area contributed by atoms with Crippen molar-refractivity contribution in [3.05, 3.63) is 64.1 Å². The monoisotopic (exact) mass is 333 g/mol. The zero-order valence-electron chi connectivity index (χ0n) is 11.8. The molecule has 3 heteroatoms. The van der Waals surface area contributed by atoms with Crippen LogP contribution in [-0.4, -0.2) is 5.11 Å². The van der Waals surface area contributed by atoms with Crippen LogP contribution in [0.15, 0.2) is 53.0 Å². The van der Waals surface area contributed by atoms with Crippen LogP contribution in [0.5, 0.6) is 5.75 Å². The molecule has 20 heavy (non-hydrogen) atoms. The van der Waals surface area contributed by atoms with Crippen molar-refractivity contribution in [1.29, 1.82) is 0 Å². The summed E-state index contributed by atoms with van der Waals surface area (Å²) in [6.07, 6.45) is 1.000. The van der Waals surface area contributed by atoms with Gasteiger partial charge in [0.05, 0.1) is 0 Å². The van der Waals surface area contributed by atoms with Gasteiger partial charge in [0.25, 0.3) is 0 Å². The molecule has 0 saturated carbocycles. The van der Waals surface area contributed by atoms with Crippen LogP contribution in [0.1, 0.15) is 43.5 Å². The summed E-state index contributed by atoms with van der Waals surface area (Å²) in [5.74, 6) is 0.346. The average molecular weight is 334 g/mol. The van der Waals surface area contributed by atoms with Crippen LogP contribution in [0.25, 0.3) is 0 Å². The molecule has 2 nitrogen and oxygen atoms in total. The predicted octanol–water partition coefficient (Wildman–Crippen LogP) is 4.96. The van der Waals surface area contributed by atoms with Crippen LogP contribution < -0.4 is 5.32 Å². The molecule has 0 aromatic heterocycles. The molecule has 0 heterocycles. The van der Waals surface area contributed by atoms with Crippen LogP contribution in [0.4, 0.5) is 0 Å². The number of hydrogen-bond acceptors (Lipinski definition) is 2. The largest absolute Gasteiger partial charge is 0.508 e. The number of phenols is 1. The number of aromatic hydroxyl groups is 1. The molecule has 2 N–H and O–H groups in total. The Morgan fingerprint density at radius 2 is 1.75 bits per heavy atom. The molecule has 2 unspecified atom stereocenters. The smallest absolute Gasteiger partial charge is 0.120 e. The quantitative estimate of drug-likeness (QED) is 0.810. The van der Waals surface area contributed by atoms with Gasteiger partial charge in [0.1, 0.15) is 5.75 Å². The van der Waals surface area contributed by atoms with Gasteiger partial charge in [0, 0.05) is 22.1 Å². The average Bonchev–Trinajstić information content (AvgIpc) is 2.46. The van der Waals surface area contributed by atoms with Gasteiger partial charge in [-0.25, -0.2) is 0 Å². The lowest BCUT2D eigenvalue weighted by atomic mass is 10.0. The number of benzene rings is 2. The van der Waals surface area contributed by atoms with Crippen molar-refractivity contribution < 1.29 is 5.11 Å². The van der Waals surface area contributed by atoms with E-state index in [0.717, 1.165) is 16.5 Å². The summed E-state index contributed by atoms with van der Waals surface area (Å²) in [4.78, 5) is 0. The molecule has 0 aliphatic rings. The molecule has 2 rings (SSSR count). The fourth-order valence-electron chi connectivity index (χ4n) is 2.39. The number of nitrogens with one attached hydrogen (secondary N) is 1. The fraction of sp³-hybridized carbons (Fsp3) is 0.294. The van der Waals surface area contributed by atoms with Gasteiger partial charge >= 0.3 is 0 Å². The van der Waals surface area contributed by atoms with E-state index in [1.807, 2.05) is 18.2 Å². The Morgan fingerprint density at radius 3 is 2.35 bits per heavy atom. The Balaban J connectivity index is 2.14. The Morgan fingerprint density at radius 1 is 1.10 bits per heavy atom. The van der Waals surface area contributed by atoms with Crippen molar-refractivity contribution in [3.8, 4) is 5.75 Å². The van der Waals surface area contributed by atoms with E-state index in [4.69, 9.17) is 0 Å². The first-order valence-electron chi connectivity index (χ1n) is 6.91. The van der Waals surface area contributed by atoms with Gasteiger partial charge in [-0.05, 0) is 37.1 Å². The first kappa shape index (κ1) is 15.1. The van der Waals surface area contributed by atoms with Gasteiger partial charge < -0.3 is 10.4 Å². The van der Waals surface area contributed by atoms with Crippen molar-refractivity contribution >= 4 is 15.9 Å². The first-order chi connectivity index (χ1) is 9.61. The normalized spacial score (nSPS) is 13.9. The van der Waals surface area contributed by atoms with Crippen molar-refractivity contribution in [1.82, 2.24) is 5.32 Å². The van der Waals surface area contributed by atoms with Gasteiger partial charge in [-0.15, -0.1) is 0 Å². The summed E-state index contributed by atoms with van der Waals surface area (Å²) in [6, 6.07) is 16.2. The summed E-state index contributed by atoms with van der Waals surface area (Å²) >= 11 is 3.46.